The molecule has 1 amide bonds. The first-order chi connectivity index (χ1) is 14.4. The second kappa shape index (κ2) is 8.35. The van der Waals surface area contributed by atoms with Crippen molar-refractivity contribution in [2.45, 2.75) is 33.1 Å². The zero-order chi connectivity index (χ0) is 21.3. The van der Waals surface area contributed by atoms with Crippen molar-refractivity contribution >= 4 is 34.3 Å². The minimum absolute atomic E-state index is 0.0107. The first kappa shape index (κ1) is 20.2. The number of rotatable bonds is 5. The Kier molecular flexibility index (Phi) is 5.63. The second-order valence-corrected chi connectivity index (χ2v) is 8.70. The molecule has 1 N–H and O–H groups in total. The summed E-state index contributed by atoms with van der Waals surface area (Å²) < 4.78 is 1.74. The van der Waals surface area contributed by atoms with Gasteiger partial charge in [-0.25, -0.2) is 15.0 Å². The van der Waals surface area contributed by atoms with E-state index in [2.05, 4.69) is 32.3 Å². The number of carbonyl (C=O) groups excluding carboxylic acids is 1. The number of aryl methyl sites for hydroxylation is 4. The van der Waals surface area contributed by atoms with Crippen molar-refractivity contribution in [2.75, 3.05) is 18.4 Å². The fraction of sp³-hybridized carbons (Fsp3) is 0.381. The monoisotopic (exact) mass is 423 g/mol. The van der Waals surface area contributed by atoms with Crippen LogP contribution in [0, 0.1) is 20.8 Å². The van der Waals surface area contributed by atoms with Crippen LogP contribution in [0.5, 0.6) is 0 Å². The number of nitrogens with zero attached hydrogens (tertiary/aromatic N) is 6. The van der Waals surface area contributed by atoms with E-state index >= 15 is 0 Å². The molecule has 1 unspecified atom stereocenters. The molecule has 0 saturated carbocycles. The SMILES string of the molecule is Cc1nc(Nc2nc(C)c(C)s2)cc(C2CCN(C(=O)/C=C/c3ccnn3C)C2)n1. The lowest BCUT2D eigenvalue weighted by Crippen LogP contribution is -2.26. The third-order valence-electron chi connectivity index (χ3n) is 5.29. The Hall–Kier alpha value is -3.07. The van der Waals surface area contributed by atoms with Gasteiger partial charge in [0, 0.05) is 49.3 Å². The Morgan fingerprint density at radius 2 is 2.10 bits per heavy atom. The van der Waals surface area contributed by atoms with Gasteiger partial charge in [-0.1, -0.05) is 0 Å². The number of aromatic nitrogens is 5. The van der Waals surface area contributed by atoms with Crippen molar-refractivity contribution in [1.82, 2.24) is 29.6 Å². The van der Waals surface area contributed by atoms with Gasteiger partial charge in [-0.2, -0.15) is 5.10 Å². The molecule has 156 valence electrons. The average molecular weight is 424 g/mol. The van der Waals surface area contributed by atoms with Crippen molar-refractivity contribution < 1.29 is 4.79 Å². The van der Waals surface area contributed by atoms with E-state index in [0.717, 1.165) is 41.0 Å². The van der Waals surface area contributed by atoms with Crippen LogP contribution in [0.4, 0.5) is 10.9 Å². The maximum atomic E-state index is 12.6. The molecule has 0 aliphatic carbocycles. The summed E-state index contributed by atoms with van der Waals surface area (Å²) in [6, 6.07) is 3.85. The standard InChI is InChI=1S/C21H25N7OS/c1-13-14(2)30-21(23-13)26-19-11-18(24-15(3)25-19)16-8-10-28(12-16)20(29)6-5-17-7-9-22-27(17)4/h5-7,9,11,16H,8,10,12H2,1-4H3,(H,23,24,25,26)/b6-5+. The summed E-state index contributed by atoms with van der Waals surface area (Å²) in [7, 11) is 1.85. The molecule has 0 aromatic carbocycles. The van der Waals surface area contributed by atoms with Crippen LogP contribution in [0.3, 0.4) is 0 Å². The molecule has 30 heavy (non-hydrogen) atoms. The van der Waals surface area contributed by atoms with Crippen LogP contribution in [-0.4, -0.2) is 48.6 Å². The first-order valence-corrected chi connectivity index (χ1v) is 10.7. The summed E-state index contributed by atoms with van der Waals surface area (Å²) in [4.78, 5) is 29.3. The second-order valence-electron chi connectivity index (χ2n) is 7.49. The lowest BCUT2D eigenvalue weighted by atomic mass is 10.0. The molecule has 0 radical (unpaired) electrons. The van der Waals surface area contributed by atoms with Gasteiger partial charge in [0.05, 0.1) is 17.1 Å². The molecule has 4 heterocycles. The highest BCUT2D eigenvalue weighted by Crippen LogP contribution is 2.29. The minimum Gasteiger partial charge on any atom is -0.338 e. The maximum absolute atomic E-state index is 12.6. The van der Waals surface area contributed by atoms with Gasteiger partial charge < -0.3 is 10.2 Å². The van der Waals surface area contributed by atoms with E-state index in [9.17, 15) is 4.79 Å². The van der Waals surface area contributed by atoms with Crippen LogP contribution in [-0.2, 0) is 11.8 Å². The van der Waals surface area contributed by atoms with Crippen LogP contribution in [0.1, 0.15) is 40.1 Å². The summed E-state index contributed by atoms with van der Waals surface area (Å²) in [5.74, 6) is 1.66. The third-order valence-corrected chi connectivity index (χ3v) is 6.28. The molecular formula is C21H25N7OS. The molecule has 0 spiro atoms. The lowest BCUT2D eigenvalue weighted by molar-refractivity contribution is -0.124. The van der Waals surface area contributed by atoms with Gasteiger partial charge in [-0.3, -0.25) is 9.48 Å². The Balaban J connectivity index is 1.44. The summed E-state index contributed by atoms with van der Waals surface area (Å²) in [5, 5.41) is 8.25. The van der Waals surface area contributed by atoms with E-state index in [-0.39, 0.29) is 11.8 Å². The van der Waals surface area contributed by atoms with E-state index in [1.165, 1.54) is 4.88 Å². The highest BCUT2D eigenvalue weighted by atomic mass is 32.1. The topological polar surface area (TPSA) is 88.8 Å². The van der Waals surface area contributed by atoms with Crippen LogP contribution in [0.15, 0.2) is 24.4 Å². The quantitative estimate of drug-likeness (QED) is 0.633. The van der Waals surface area contributed by atoms with Gasteiger partial charge in [0.1, 0.15) is 11.6 Å². The van der Waals surface area contributed by atoms with E-state index < -0.39 is 0 Å². The Labute approximate surface area is 179 Å². The molecule has 0 bridgehead atoms. The summed E-state index contributed by atoms with van der Waals surface area (Å²) in [6.45, 7) is 7.32. The molecule has 1 atom stereocenters. The maximum Gasteiger partial charge on any atom is 0.246 e. The zero-order valence-corrected chi connectivity index (χ0v) is 18.4. The largest absolute Gasteiger partial charge is 0.338 e. The Morgan fingerprint density at radius 3 is 2.80 bits per heavy atom. The van der Waals surface area contributed by atoms with E-state index in [4.69, 9.17) is 0 Å². The van der Waals surface area contributed by atoms with E-state index in [1.807, 2.05) is 37.9 Å². The predicted octanol–water partition coefficient (Wildman–Crippen LogP) is 3.36. The molecule has 1 saturated heterocycles. The third kappa shape index (κ3) is 4.40. The first-order valence-electron chi connectivity index (χ1n) is 9.90. The van der Waals surface area contributed by atoms with E-state index in [0.29, 0.717) is 12.4 Å². The number of hydrogen-bond donors (Lipinski definition) is 1. The molecule has 1 fully saturated rings. The van der Waals surface area contributed by atoms with Crippen molar-refractivity contribution in [3.05, 3.63) is 52.2 Å². The van der Waals surface area contributed by atoms with Crippen LogP contribution < -0.4 is 5.32 Å². The molecule has 8 nitrogen and oxygen atoms in total. The van der Waals surface area contributed by atoms with Crippen LogP contribution >= 0.6 is 11.3 Å². The summed E-state index contributed by atoms with van der Waals surface area (Å²) >= 11 is 1.61. The molecule has 1 aliphatic heterocycles. The van der Waals surface area contributed by atoms with Crippen LogP contribution in [0.25, 0.3) is 6.08 Å². The number of anilines is 2. The molecule has 1 aliphatic rings. The number of hydrogen-bond acceptors (Lipinski definition) is 7. The fourth-order valence-electron chi connectivity index (χ4n) is 3.51. The number of likely N-dealkylation sites (tertiary alicyclic amines) is 1. The van der Waals surface area contributed by atoms with Crippen molar-refractivity contribution in [1.29, 1.82) is 0 Å². The Bertz CT molecular complexity index is 1080. The molecule has 3 aromatic heterocycles. The molecular weight excluding hydrogens is 398 g/mol. The van der Waals surface area contributed by atoms with Gasteiger partial charge in [-0.05, 0) is 39.3 Å². The minimum atomic E-state index is 0.0107. The number of amides is 1. The number of carbonyl (C=O) groups is 1. The normalized spacial score (nSPS) is 16.5. The number of thiazole rings is 1. The fourth-order valence-corrected chi connectivity index (χ4v) is 4.33. The highest BCUT2D eigenvalue weighted by Gasteiger charge is 2.28. The van der Waals surface area contributed by atoms with Crippen molar-refractivity contribution in [2.24, 2.45) is 7.05 Å². The number of nitrogens with one attached hydrogen (secondary N) is 1. The predicted molar refractivity (Wildman–Crippen MR) is 118 cm³/mol. The van der Waals surface area contributed by atoms with Gasteiger partial charge in [0.15, 0.2) is 5.13 Å². The zero-order valence-electron chi connectivity index (χ0n) is 17.6. The summed E-state index contributed by atoms with van der Waals surface area (Å²) in [5.41, 5.74) is 2.88. The van der Waals surface area contributed by atoms with Gasteiger partial charge in [0.25, 0.3) is 0 Å². The highest BCUT2D eigenvalue weighted by molar-refractivity contribution is 7.15. The molecule has 9 heteroatoms. The van der Waals surface area contributed by atoms with Gasteiger partial charge in [-0.15, -0.1) is 11.3 Å². The van der Waals surface area contributed by atoms with Crippen molar-refractivity contribution in [3.63, 3.8) is 0 Å². The molecule has 3 aromatic rings. The summed E-state index contributed by atoms with van der Waals surface area (Å²) in [6.07, 6.45) is 6.02. The van der Waals surface area contributed by atoms with Gasteiger partial charge in [0.2, 0.25) is 5.91 Å². The van der Waals surface area contributed by atoms with Gasteiger partial charge >= 0.3 is 0 Å². The van der Waals surface area contributed by atoms with E-state index in [1.54, 1.807) is 34.4 Å². The molecule has 4 rings (SSSR count). The lowest BCUT2D eigenvalue weighted by Gasteiger charge is -2.15. The van der Waals surface area contributed by atoms with Crippen LogP contribution in [0.2, 0.25) is 0 Å². The smallest absolute Gasteiger partial charge is 0.246 e. The Morgan fingerprint density at radius 1 is 1.27 bits per heavy atom. The van der Waals surface area contributed by atoms with Crippen molar-refractivity contribution in [3.8, 4) is 0 Å². The average Bonchev–Trinajstić information content (AvgIpc) is 3.41.